The Hall–Kier alpha value is -1.18. The molecule has 1 unspecified atom stereocenters. The van der Waals surface area contributed by atoms with E-state index in [0.29, 0.717) is 5.92 Å². The van der Waals surface area contributed by atoms with E-state index in [9.17, 15) is 5.11 Å². The summed E-state index contributed by atoms with van der Waals surface area (Å²) in [5, 5.41) is 9.18. The van der Waals surface area contributed by atoms with Crippen LogP contribution in [0.25, 0.3) is 0 Å². The molecule has 0 radical (unpaired) electrons. The van der Waals surface area contributed by atoms with Crippen LogP contribution in [0.3, 0.4) is 0 Å². The maximum atomic E-state index is 9.18. The smallest absolute Gasteiger partial charge is 0.126 e. The molecule has 1 heterocycles. The molecule has 12 heavy (non-hydrogen) atoms. The highest BCUT2D eigenvalue weighted by molar-refractivity contribution is 5.44. The van der Waals surface area contributed by atoms with Gasteiger partial charge in [0.2, 0.25) is 0 Å². The molecule has 2 rings (SSSR count). The van der Waals surface area contributed by atoms with Crippen molar-refractivity contribution >= 4 is 0 Å². The first-order valence-electron chi connectivity index (χ1n) is 4.27. The van der Waals surface area contributed by atoms with Gasteiger partial charge in [-0.05, 0) is 12.5 Å². The first-order valence-corrected chi connectivity index (χ1v) is 4.27. The predicted octanol–water partition coefficient (Wildman–Crippen LogP) is 2.28. The number of aromatic hydroxyl groups is 1. The summed E-state index contributed by atoms with van der Waals surface area (Å²) in [6.07, 6.45) is 1.10. The van der Waals surface area contributed by atoms with Gasteiger partial charge in [0.05, 0.1) is 6.61 Å². The summed E-state index contributed by atoms with van der Waals surface area (Å²) in [6, 6.07) is 5.35. The standard InChI is InChI=1S/C10H12O2/c1-2-7-6-12-10-5-8(11)3-4-9(7)10/h3-5,7,11H,2,6H2,1H3. The summed E-state index contributed by atoms with van der Waals surface area (Å²) in [5.41, 5.74) is 1.23. The maximum Gasteiger partial charge on any atom is 0.126 e. The van der Waals surface area contributed by atoms with Crippen molar-refractivity contribution in [2.75, 3.05) is 6.61 Å². The van der Waals surface area contributed by atoms with Crippen LogP contribution in [0.15, 0.2) is 18.2 Å². The second kappa shape index (κ2) is 2.70. The highest BCUT2D eigenvalue weighted by atomic mass is 16.5. The van der Waals surface area contributed by atoms with Gasteiger partial charge in [0.25, 0.3) is 0 Å². The second-order valence-corrected chi connectivity index (χ2v) is 3.14. The fourth-order valence-electron chi connectivity index (χ4n) is 1.60. The first kappa shape index (κ1) is 7.47. The van der Waals surface area contributed by atoms with E-state index in [4.69, 9.17) is 4.74 Å². The van der Waals surface area contributed by atoms with Crippen LogP contribution in [0, 0.1) is 0 Å². The van der Waals surface area contributed by atoms with Gasteiger partial charge in [-0.15, -0.1) is 0 Å². The van der Waals surface area contributed by atoms with E-state index in [1.165, 1.54) is 5.56 Å². The normalized spacial score (nSPS) is 20.2. The van der Waals surface area contributed by atoms with Crippen LogP contribution in [-0.4, -0.2) is 11.7 Å². The number of hydrogen-bond acceptors (Lipinski definition) is 2. The van der Waals surface area contributed by atoms with Gasteiger partial charge in [-0.3, -0.25) is 0 Å². The highest BCUT2D eigenvalue weighted by Gasteiger charge is 2.22. The Labute approximate surface area is 71.8 Å². The van der Waals surface area contributed by atoms with Gasteiger partial charge < -0.3 is 9.84 Å². The van der Waals surface area contributed by atoms with Gasteiger partial charge in [-0.2, -0.15) is 0 Å². The van der Waals surface area contributed by atoms with Crippen molar-refractivity contribution in [3.8, 4) is 11.5 Å². The number of phenolic OH excluding ortho intramolecular Hbond substituents is 1. The summed E-state index contributed by atoms with van der Waals surface area (Å²) in [7, 11) is 0. The van der Waals surface area contributed by atoms with Gasteiger partial charge in [0.15, 0.2) is 0 Å². The lowest BCUT2D eigenvalue weighted by Crippen LogP contribution is -1.97. The van der Waals surface area contributed by atoms with E-state index >= 15 is 0 Å². The fraction of sp³-hybridized carbons (Fsp3) is 0.400. The average molecular weight is 164 g/mol. The van der Waals surface area contributed by atoms with Gasteiger partial charge >= 0.3 is 0 Å². The highest BCUT2D eigenvalue weighted by Crippen LogP contribution is 2.37. The van der Waals surface area contributed by atoms with Crippen LogP contribution < -0.4 is 4.74 Å². The zero-order chi connectivity index (χ0) is 8.55. The van der Waals surface area contributed by atoms with E-state index in [1.54, 1.807) is 12.1 Å². The van der Waals surface area contributed by atoms with E-state index in [0.717, 1.165) is 18.8 Å². The van der Waals surface area contributed by atoms with Crippen LogP contribution in [0.5, 0.6) is 11.5 Å². The molecule has 1 aromatic carbocycles. The van der Waals surface area contributed by atoms with E-state index in [-0.39, 0.29) is 5.75 Å². The lowest BCUT2D eigenvalue weighted by molar-refractivity contribution is 0.327. The van der Waals surface area contributed by atoms with E-state index < -0.39 is 0 Å². The Morgan fingerprint density at radius 3 is 3.17 bits per heavy atom. The fourth-order valence-corrected chi connectivity index (χ4v) is 1.60. The Balaban J connectivity index is 2.40. The van der Waals surface area contributed by atoms with Gasteiger partial charge in [0.1, 0.15) is 11.5 Å². The van der Waals surface area contributed by atoms with E-state index in [1.807, 2.05) is 6.07 Å². The molecule has 1 aliphatic heterocycles. The molecule has 0 aromatic heterocycles. The molecule has 0 amide bonds. The van der Waals surface area contributed by atoms with Crippen molar-refractivity contribution < 1.29 is 9.84 Å². The van der Waals surface area contributed by atoms with Crippen molar-refractivity contribution in [3.63, 3.8) is 0 Å². The molecular formula is C10H12O2. The zero-order valence-corrected chi connectivity index (χ0v) is 7.08. The number of benzene rings is 1. The minimum Gasteiger partial charge on any atom is -0.508 e. The van der Waals surface area contributed by atoms with Crippen molar-refractivity contribution in [1.82, 2.24) is 0 Å². The van der Waals surface area contributed by atoms with Crippen molar-refractivity contribution in [2.24, 2.45) is 0 Å². The molecule has 64 valence electrons. The van der Waals surface area contributed by atoms with Crippen LogP contribution in [0.4, 0.5) is 0 Å². The number of phenols is 1. The molecule has 0 saturated heterocycles. The Kier molecular flexibility index (Phi) is 1.68. The third-order valence-electron chi connectivity index (χ3n) is 2.37. The molecule has 1 aliphatic rings. The molecule has 0 bridgehead atoms. The zero-order valence-electron chi connectivity index (χ0n) is 7.08. The van der Waals surface area contributed by atoms with Crippen LogP contribution >= 0.6 is 0 Å². The van der Waals surface area contributed by atoms with E-state index in [2.05, 4.69) is 6.92 Å². The molecule has 2 nitrogen and oxygen atoms in total. The minimum atomic E-state index is 0.283. The summed E-state index contributed by atoms with van der Waals surface area (Å²) in [4.78, 5) is 0. The lowest BCUT2D eigenvalue weighted by atomic mass is 9.99. The molecular weight excluding hydrogens is 152 g/mol. The van der Waals surface area contributed by atoms with Gasteiger partial charge in [-0.1, -0.05) is 13.0 Å². The lowest BCUT2D eigenvalue weighted by Gasteiger charge is -2.02. The molecule has 0 aliphatic carbocycles. The summed E-state index contributed by atoms with van der Waals surface area (Å²) in [5.74, 6) is 1.65. The average Bonchev–Trinajstić information content (AvgIpc) is 2.46. The molecule has 0 saturated carbocycles. The summed E-state index contributed by atoms with van der Waals surface area (Å²) < 4.78 is 5.42. The van der Waals surface area contributed by atoms with Gasteiger partial charge in [0, 0.05) is 17.5 Å². The summed E-state index contributed by atoms with van der Waals surface area (Å²) >= 11 is 0. The minimum absolute atomic E-state index is 0.283. The molecule has 1 N–H and O–H groups in total. The third-order valence-corrected chi connectivity index (χ3v) is 2.37. The molecule has 1 atom stereocenters. The van der Waals surface area contributed by atoms with Crippen LogP contribution in [0.1, 0.15) is 24.8 Å². The second-order valence-electron chi connectivity index (χ2n) is 3.14. The van der Waals surface area contributed by atoms with Gasteiger partial charge in [-0.25, -0.2) is 0 Å². The monoisotopic (exact) mass is 164 g/mol. The topological polar surface area (TPSA) is 29.5 Å². The van der Waals surface area contributed by atoms with Crippen LogP contribution in [-0.2, 0) is 0 Å². The number of fused-ring (bicyclic) bond motifs is 1. The third kappa shape index (κ3) is 1.04. The van der Waals surface area contributed by atoms with Crippen LogP contribution in [0.2, 0.25) is 0 Å². The first-order chi connectivity index (χ1) is 5.81. The molecule has 2 heteroatoms. The Morgan fingerprint density at radius 1 is 1.58 bits per heavy atom. The predicted molar refractivity (Wildman–Crippen MR) is 46.6 cm³/mol. The number of hydrogen-bond donors (Lipinski definition) is 1. The summed E-state index contributed by atoms with van der Waals surface area (Å²) in [6.45, 7) is 2.91. The molecule has 0 spiro atoms. The number of rotatable bonds is 1. The Morgan fingerprint density at radius 2 is 2.42 bits per heavy atom. The maximum absolute atomic E-state index is 9.18. The molecule has 0 fully saturated rings. The largest absolute Gasteiger partial charge is 0.508 e. The van der Waals surface area contributed by atoms with Crippen molar-refractivity contribution in [3.05, 3.63) is 23.8 Å². The van der Waals surface area contributed by atoms with Crippen molar-refractivity contribution in [1.29, 1.82) is 0 Å². The Bertz CT molecular complexity index is 294. The molecule has 1 aromatic rings. The quantitative estimate of drug-likeness (QED) is 0.690. The van der Waals surface area contributed by atoms with Crippen molar-refractivity contribution in [2.45, 2.75) is 19.3 Å². The number of ether oxygens (including phenoxy) is 1. The SMILES string of the molecule is CCC1COc2cc(O)ccc21.